The van der Waals surface area contributed by atoms with Crippen LogP contribution in [-0.2, 0) is 6.42 Å². The van der Waals surface area contributed by atoms with E-state index in [0.717, 1.165) is 30.5 Å². The molecule has 90 valence electrons. The fourth-order valence-corrected chi connectivity index (χ4v) is 2.01. The van der Waals surface area contributed by atoms with E-state index in [9.17, 15) is 4.39 Å². The predicted octanol–water partition coefficient (Wildman–Crippen LogP) is 2.83. The summed E-state index contributed by atoms with van der Waals surface area (Å²) in [6.07, 6.45) is 2.05. The molecular weight excluding hydrogens is 215 g/mol. The zero-order valence-corrected chi connectivity index (χ0v) is 10.3. The van der Waals surface area contributed by atoms with Gasteiger partial charge in [-0.3, -0.25) is 0 Å². The molecule has 2 aromatic rings. The molecule has 1 aromatic heterocycles. The van der Waals surface area contributed by atoms with E-state index < -0.39 is 0 Å². The second-order valence-electron chi connectivity index (χ2n) is 4.25. The van der Waals surface area contributed by atoms with E-state index in [1.54, 1.807) is 6.07 Å². The van der Waals surface area contributed by atoms with Gasteiger partial charge in [0.25, 0.3) is 0 Å². The Labute approximate surface area is 101 Å². The van der Waals surface area contributed by atoms with Crippen molar-refractivity contribution < 1.29 is 4.39 Å². The molecule has 0 aliphatic carbocycles. The maximum Gasteiger partial charge on any atom is 0.149 e. The molecule has 1 N–H and O–H groups in total. The van der Waals surface area contributed by atoms with E-state index in [1.807, 2.05) is 20.0 Å². The first kappa shape index (κ1) is 12.0. The highest BCUT2D eigenvalue weighted by Gasteiger charge is 2.06. The maximum absolute atomic E-state index is 13.5. The van der Waals surface area contributed by atoms with Crippen LogP contribution in [0.5, 0.6) is 0 Å². The van der Waals surface area contributed by atoms with Gasteiger partial charge in [0.05, 0.1) is 0 Å². The number of hydrogen-bond acceptors (Lipinski definition) is 2. The summed E-state index contributed by atoms with van der Waals surface area (Å²) in [6, 6.07) is 7.14. The molecule has 3 heteroatoms. The largest absolute Gasteiger partial charge is 0.320 e. The average Bonchev–Trinajstić information content (AvgIpc) is 2.31. The van der Waals surface area contributed by atoms with Crippen LogP contribution in [0.25, 0.3) is 10.9 Å². The van der Waals surface area contributed by atoms with Crippen LogP contribution in [0.1, 0.15) is 17.7 Å². The molecule has 0 fully saturated rings. The highest BCUT2D eigenvalue weighted by molar-refractivity contribution is 5.80. The number of pyridine rings is 1. The van der Waals surface area contributed by atoms with Crippen LogP contribution in [0.15, 0.2) is 24.3 Å². The number of rotatable bonds is 4. The SMILES string of the molecule is CNCCCc1cc2cccc(F)c2nc1C. The first-order chi connectivity index (χ1) is 8.22. The summed E-state index contributed by atoms with van der Waals surface area (Å²) in [7, 11) is 1.95. The maximum atomic E-state index is 13.5. The molecule has 0 aliphatic rings. The standard InChI is InChI=1S/C14H17FN2/c1-10-11(6-4-8-16-2)9-12-5-3-7-13(15)14(12)17-10/h3,5,7,9,16H,4,6,8H2,1-2H3. The van der Waals surface area contributed by atoms with E-state index >= 15 is 0 Å². The van der Waals surface area contributed by atoms with Crippen molar-refractivity contribution in [2.75, 3.05) is 13.6 Å². The summed E-state index contributed by atoms with van der Waals surface area (Å²) in [6.45, 7) is 2.93. The van der Waals surface area contributed by atoms with Crippen LogP contribution >= 0.6 is 0 Å². The lowest BCUT2D eigenvalue weighted by atomic mass is 10.1. The third-order valence-electron chi connectivity index (χ3n) is 2.96. The zero-order chi connectivity index (χ0) is 12.3. The van der Waals surface area contributed by atoms with E-state index in [1.165, 1.54) is 11.6 Å². The molecule has 0 saturated carbocycles. The summed E-state index contributed by atoms with van der Waals surface area (Å²) in [5, 5.41) is 4.01. The molecule has 0 bridgehead atoms. The summed E-state index contributed by atoms with van der Waals surface area (Å²) in [5.41, 5.74) is 2.61. The third-order valence-corrected chi connectivity index (χ3v) is 2.96. The van der Waals surface area contributed by atoms with Crippen molar-refractivity contribution in [3.63, 3.8) is 0 Å². The Kier molecular flexibility index (Phi) is 3.69. The van der Waals surface area contributed by atoms with Crippen molar-refractivity contribution in [1.82, 2.24) is 10.3 Å². The molecule has 2 nitrogen and oxygen atoms in total. The van der Waals surface area contributed by atoms with Crippen molar-refractivity contribution >= 4 is 10.9 Å². The Bertz CT molecular complexity index is 523. The van der Waals surface area contributed by atoms with Gasteiger partial charge in [0, 0.05) is 11.1 Å². The van der Waals surface area contributed by atoms with Gasteiger partial charge in [0.2, 0.25) is 0 Å². The van der Waals surface area contributed by atoms with Gasteiger partial charge in [-0.05, 0) is 51.1 Å². The summed E-state index contributed by atoms with van der Waals surface area (Å²) in [4.78, 5) is 4.36. The molecule has 1 aromatic carbocycles. The highest BCUT2D eigenvalue weighted by atomic mass is 19.1. The fraction of sp³-hybridized carbons (Fsp3) is 0.357. The van der Waals surface area contributed by atoms with Crippen molar-refractivity contribution in [3.05, 3.63) is 41.3 Å². The van der Waals surface area contributed by atoms with Crippen molar-refractivity contribution in [2.24, 2.45) is 0 Å². The van der Waals surface area contributed by atoms with Crippen LogP contribution in [-0.4, -0.2) is 18.6 Å². The second-order valence-corrected chi connectivity index (χ2v) is 4.25. The summed E-state index contributed by atoms with van der Waals surface area (Å²) >= 11 is 0. The first-order valence-electron chi connectivity index (χ1n) is 5.91. The van der Waals surface area contributed by atoms with Crippen LogP contribution in [0.4, 0.5) is 4.39 Å². The number of fused-ring (bicyclic) bond motifs is 1. The number of aromatic nitrogens is 1. The normalized spacial score (nSPS) is 11.0. The molecule has 17 heavy (non-hydrogen) atoms. The van der Waals surface area contributed by atoms with Crippen LogP contribution in [0, 0.1) is 12.7 Å². The molecule has 0 saturated heterocycles. The minimum Gasteiger partial charge on any atom is -0.320 e. The number of aryl methyl sites for hydroxylation is 2. The lowest BCUT2D eigenvalue weighted by Gasteiger charge is -2.07. The number of nitrogens with zero attached hydrogens (tertiary/aromatic N) is 1. The molecule has 0 amide bonds. The molecular formula is C14H17FN2. The average molecular weight is 232 g/mol. The number of halogens is 1. The van der Waals surface area contributed by atoms with Crippen LogP contribution in [0.3, 0.4) is 0 Å². The van der Waals surface area contributed by atoms with E-state index in [4.69, 9.17) is 0 Å². The van der Waals surface area contributed by atoms with Gasteiger partial charge >= 0.3 is 0 Å². The zero-order valence-electron chi connectivity index (χ0n) is 10.3. The van der Waals surface area contributed by atoms with Gasteiger partial charge in [-0.1, -0.05) is 12.1 Å². The minimum atomic E-state index is -0.243. The van der Waals surface area contributed by atoms with Gasteiger partial charge in [-0.2, -0.15) is 0 Å². The number of hydrogen-bond donors (Lipinski definition) is 1. The van der Waals surface area contributed by atoms with Crippen molar-refractivity contribution in [1.29, 1.82) is 0 Å². The lowest BCUT2D eigenvalue weighted by Crippen LogP contribution is -2.09. The highest BCUT2D eigenvalue weighted by Crippen LogP contribution is 2.19. The van der Waals surface area contributed by atoms with Gasteiger partial charge in [-0.25, -0.2) is 9.37 Å². The minimum absolute atomic E-state index is 0.243. The van der Waals surface area contributed by atoms with Gasteiger partial charge in [0.1, 0.15) is 11.3 Å². The van der Waals surface area contributed by atoms with Crippen LogP contribution < -0.4 is 5.32 Å². The fourth-order valence-electron chi connectivity index (χ4n) is 2.01. The van der Waals surface area contributed by atoms with E-state index in [-0.39, 0.29) is 5.82 Å². The number of para-hydroxylation sites is 1. The summed E-state index contributed by atoms with van der Waals surface area (Å²) in [5.74, 6) is -0.243. The molecule has 2 rings (SSSR count). The van der Waals surface area contributed by atoms with Gasteiger partial charge in [0.15, 0.2) is 0 Å². The van der Waals surface area contributed by atoms with Gasteiger partial charge < -0.3 is 5.32 Å². The van der Waals surface area contributed by atoms with Crippen molar-refractivity contribution in [2.45, 2.75) is 19.8 Å². The topological polar surface area (TPSA) is 24.9 Å². The van der Waals surface area contributed by atoms with Crippen molar-refractivity contribution in [3.8, 4) is 0 Å². The Balaban J connectivity index is 2.35. The lowest BCUT2D eigenvalue weighted by molar-refractivity contribution is 0.636. The Hall–Kier alpha value is -1.48. The molecule has 0 atom stereocenters. The number of benzene rings is 1. The Morgan fingerprint density at radius 2 is 2.18 bits per heavy atom. The first-order valence-corrected chi connectivity index (χ1v) is 5.91. The summed E-state index contributed by atoms with van der Waals surface area (Å²) < 4.78 is 13.5. The molecule has 1 heterocycles. The monoisotopic (exact) mass is 232 g/mol. The van der Waals surface area contributed by atoms with E-state index in [2.05, 4.69) is 16.4 Å². The second kappa shape index (κ2) is 5.23. The predicted molar refractivity (Wildman–Crippen MR) is 68.7 cm³/mol. The molecule has 0 radical (unpaired) electrons. The third kappa shape index (κ3) is 2.61. The Morgan fingerprint density at radius 3 is 2.94 bits per heavy atom. The van der Waals surface area contributed by atoms with Gasteiger partial charge in [-0.15, -0.1) is 0 Å². The molecule has 0 aliphatic heterocycles. The van der Waals surface area contributed by atoms with Crippen LogP contribution in [0.2, 0.25) is 0 Å². The molecule has 0 unspecified atom stereocenters. The Morgan fingerprint density at radius 1 is 1.35 bits per heavy atom. The quantitative estimate of drug-likeness (QED) is 0.820. The van der Waals surface area contributed by atoms with E-state index in [0.29, 0.717) is 5.52 Å². The molecule has 0 spiro atoms. The number of nitrogens with one attached hydrogen (secondary N) is 1. The smallest absolute Gasteiger partial charge is 0.149 e.